The van der Waals surface area contributed by atoms with E-state index in [9.17, 15) is 4.79 Å². The Labute approximate surface area is 148 Å². The van der Waals surface area contributed by atoms with Crippen LogP contribution in [0.5, 0.6) is 0 Å². The maximum atomic E-state index is 11.2. The summed E-state index contributed by atoms with van der Waals surface area (Å²) >= 11 is 0. The summed E-state index contributed by atoms with van der Waals surface area (Å²) in [6, 6.07) is 0. The number of ether oxygens (including phenoxy) is 1. The standard InChI is InChI=1S/C22H36O2/c1-15(14-24-16(2)23)21(5)13-10-18-17(21)8-9-19-20(3,4)11-7-12-22(18,19)6/h15,19H,7-14H2,1-6H3/t15?,19?,21?,22-/m1/s1. The number of hydrogen-bond acceptors (Lipinski definition) is 2. The summed E-state index contributed by atoms with van der Waals surface area (Å²) in [5.41, 5.74) is 4.64. The van der Waals surface area contributed by atoms with Crippen LogP contribution in [0, 0.1) is 28.1 Å². The molecule has 1 fully saturated rings. The average molecular weight is 333 g/mol. The Kier molecular flexibility index (Phi) is 4.42. The Balaban J connectivity index is 1.91. The zero-order valence-corrected chi connectivity index (χ0v) is 16.6. The molecule has 0 aromatic rings. The largest absolute Gasteiger partial charge is 0.466 e. The van der Waals surface area contributed by atoms with Gasteiger partial charge in [0.25, 0.3) is 0 Å². The highest BCUT2D eigenvalue weighted by Crippen LogP contribution is 2.66. The van der Waals surface area contributed by atoms with Gasteiger partial charge in [0.2, 0.25) is 0 Å². The van der Waals surface area contributed by atoms with E-state index in [1.54, 1.807) is 11.1 Å². The van der Waals surface area contributed by atoms with Gasteiger partial charge in [0.05, 0.1) is 6.61 Å². The molecule has 0 bridgehead atoms. The Morgan fingerprint density at radius 3 is 2.50 bits per heavy atom. The molecular formula is C22H36O2. The highest BCUT2D eigenvalue weighted by atomic mass is 16.5. The van der Waals surface area contributed by atoms with Gasteiger partial charge in [-0.1, -0.05) is 52.2 Å². The second kappa shape index (κ2) is 5.88. The lowest BCUT2D eigenvalue weighted by atomic mass is 9.50. The predicted octanol–water partition coefficient (Wildman–Crippen LogP) is 5.91. The first-order valence-corrected chi connectivity index (χ1v) is 9.97. The minimum absolute atomic E-state index is 0.151. The summed E-state index contributed by atoms with van der Waals surface area (Å²) < 4.78 is 5.36. The first-order valence-electron chi connectivity index (χ1n) is 9.97. The van der Waals surface area contributed by atoms with E-state index in [1.165, 1.54) is 51.9 Å². The van der Waals surface area contributed by atoms with Crippen molar-refractivity contribution in [3.63, 3.8) is 0 Å². The molecule has 0 heterocycles. The first-order chi connectivity index (χ1) is 11.1. The van der Waals surface area contributed by atoms with E-state index in [2.05, 4.69) is 34.6 Å². The fourth-order valence-corrected chi connectivity index (χ4v) is 6.55. The molecule has 2 nitrogen and oxygen atoms in total. The number of carbonyl (C=O) groups is 1. The Hall–Kier alpha value is -0.790. The topological polar surface area (TPSA) is 26.3 Å². The molecule has 0 amide bonds. The summed E-state index contributed by atoms with van der Waals surface area (Å²) in [7, 11) is 0. The van der Waals surface area contributed by atoms with E-state index in [-0.39, 0.29) is 11.4 Å². The smallest absolute Gasteiger partial charge is 0.302 e. The van der Waals surface area contributed by atoms with Crippen molar-refractivity contribution in [2.24, 2.45) is 28.1 Å². The molecule has 1 saturated carbocycles. The molecule has 0 spiro atoms. The van der Waals surface area contributed by atoms with Crippen molar-refractivity contribution in [1.29, 1.82) is 0 Å². The lowest BCUT2D eigenvalue weighted by Crippen LogP contribution is -2.45. The van der Waals surface area contributed by atoms with Gasteiger partial charge >= 0.3 is 5.97 Å². The van der Waals surface area contributed by atoms with Crippen molar-refractivity contribution < 1.29 is 9.53 Å². The van der Waals surface area contributed by atoms with Crippen LogP contribution in [0.2, 0.25) is 0 Å². The molecule has 0 radical (unpaired) electrons. The fraction of sp³-hybridized carbons (Fsp3) is 0.864. The molecule has 3 rings (SSSR count). The highest BCUT2D eigenvalue weighted by Gasteiger charge is 2.55. The molecule has 3 unspecified atom stereocenters. The van der Waals surface area contributed by atoms with Gasteiger partial charge in [-0.3, -0.25) is 4.79 Å². The third kappa shape index (κ3) is 2.65. The second-order valence-electron chi connectivity index (χ2n) is 9.93. The Morgan fingerprint density at radius 1 is 1.12 bits per heavy atom. The van der Waals surface area contributed by atoms with Gasteiger partial charge in [-0.05, 0) is 66.6 Å². The van der Waals surface area contributed by atoms with Crippen molar-refractivity contribution in [1.82, 2.24) is 0 Å². The van der Waals surface area contributed by atoms with E-state index in [1.807, 2.05) is 0 Å². The van der Waals surface area contributed by atoms with Crippen LogP contribution < -0.4 is 0 Å². The number of hydrogen-bond donors (Lipinski definition) is 0. The summed E-state index contributed by atoms with van der Waals surface area (Å²) in [6.07, 6.45) is 9.24. The van der Waals surface area contributed by atoms with Gasteiger partial charge in [-0.2, -0.15) is 0 Å². The van der Waals surface area contributed by atoms with Crippen LogP contribution in [-0.2, 0) is 9.53 Å². The van der Waals surface area contributed by atoms with Gasteiger partial charge in [0, 0.05) is 6.92 Å². The second-order valence-corrected chi connectivity index (χ2v) is 9.93. The van der Waals surface area contributed by atoms with Crippen LogP contribution in [0.4, 0.5) is 0 Å². The third-order valence-corrected chi connectivity index (χ3v) is 8.17. The molecule has 0 aromatic heterocycles. The van der Waals surface area contributed by atoms with Crippen LogP contribution in [0.25, 0.3) is 0 Å². The maximum Gasteiger partial charge on any atom is 0.302 e. The maximum absolute atomic E-state index is 11.2. The van der Waals surface area contributed by atoms with Crippen molar-refractivity contribution in [3.8, 4) is 0 Å². The Morgan fingerprint density at radius 2 is 1.83 bits per heavy atom. The monoisotopic (exact) mass is 332 g/mol. The van der Waals surface area contributed by atoms with Crippen LogP contribution in [0.3, 0.4) is 0 Å². The number of allylic oxidation sites excluding steroid dienone is 2. The Bertz CT molecular complexity index is 558. The van der Waals surface area contributed by atoms with Crippen molar-refractivity contribution in [3.05, 3.63) is 11.1 Å². The summed E-state index contributed by atoms with van der Waals surface area (Å²) in [6.45, 7) is 14.4. The first kappa shape index (κ1) is 18.0. The molecule has 2 heteroatoms. The molecule has 136 valence electrons. The van der Waals surface area contributed by atoms with Gasteiger partial charge in [-0.15, -0.1) is 0 Å². The molecule has 0 saturated heterocycles. The quantitative estimate of drug-likeness (QED) is 0.474. The molecule has 3 aliphatic carbocycles. The predicted molar refractivity (Wildman–Crippen MR) is 98.6 cm³/mol. The minimum atomic E-state index is -0.151. The van der Waals surface area contributed by atoms with Gasteiger partial charge < -0.3 is 4.74 Å². The summed E-state index contributed by atoms with van der Waals surface area (Å²) in [5, 5.41) is 0. The van der Waals surface area contributed by atoms with Crippen molar-refractivity contribution in [2.75, 3.05) is 6.61 Å². The van der Waals surface area contributed by atoms with Crippen LogP contribution >= 0.6 is 0 Å². The van der Waals surface area contributed by atoms with Crippen molar-refractivity contribution >= 4 is 5.97 Å². The fourth-order valence-electron chi connectivity index (χ4n) is 6.55. The number of esters is 1. The average Bonchev–Trinajstić information content (AvgIpc) is 2.84. The SMILES string of the molecule is CC(=O)OCC(C)C1(C)CCC2=C1CCC1C(C)(C)CCC[C@]21C. The number of fused-ring (bicyclic) bond motifs is 2. The number of rotatable bonds is 3. The lowest BCUT2D eigenvalue weighted by molar-refractivity contribution is -0.143. The zero-order valence-electron chi connectivity index (χ0n) is 16.6. The van der Waals surface area contributed by atoms with Crippen LogP contribution in [0.15, 0.2) is 11.1 Å². The van der Waals surface area contributed by atoms with E-state index in [4.69, 9.17) is 4.74 Å². The normalized spacial score (nSPS) is 39.2. The molecule has 0 N–H and O–H groups in total. The molecule has 4 atom stereocenters. The number of carbonyl (C=O) groups excluding carboxylic acids is 1. The van der Waals surface area contributed by atoms with E-state index in [0.29, 0.717) is 23.4 Å². The minimum Gasteiger partial charge on any atom is -0.466 e. The molecular weight excluding hydrogens is 296 g/mol. The summed E-state index contributed by atoms with van der Waals surface area (Å²) in [4.78, 5) is 11.2. The van der Waals surface area contributed by atoms with E-state index >= 15 is 0 Å². The van der Waals surface area contributed by atoms with Gasteiger partial charge in [0.1, 0.15) is 0 Å². The molecule has 0 aromatic carbocycles. The molecule has 3 aliphatic rings. The zero-order chi connectivity index (χ0) is 17.8. The van der Waals surface area contributed by atoms with Crippen molar-refractivity contribution in [2.45, 2.75) is 86.5 Å². The summed E-state index contributed by atoms with van der Waals surface area (Å²) in [5.74, 6) is 1.09. The van der Waals surface area contributed by atoms with E-state index < -0.39 is 0 Å². The van der Waals surface area contributed by atoms with Gasteiger partial charge in [0.15, 0.2) is 0 Å². The van der Waals surface area contributed by atoms with Crippen LogP contribution in [0.1, 0.15) is 86.5 Å². The highest BCUT2D eigenvalue weighted by molar-refractivity contribution is 5.65. The van der Waals surface area contributed by atoms with Gasteiger partial charge in [-0.25, -0.2) is 0 Å². The third-order valence-electron chi connectivity index (χ3n) is 8.17. The lowest BCUT2D eigenvalue weighted by Gasteiger charge is -2.55. The van der Waals surface area contributed by atoms with E-state index in [0.717, 1.165) is 5.92 Å². The van der Waals surface area contributed by atoms with Crippen LogP contribution in [-0.4, -0.2) is 12.6 Å². The molecule has 0 aliphatic heterocycles. The molecule has 24 heavy (non-hydrogen) atoms.